The monoisotopic (exact) mass is 480 g/mol. The Bertz CT molecular complexity index is 884. The number of carbonyl (C=O) groups excluding carboxylic acids is 2. The fourth-order valence-corrected chi connectivity index (χ4v) is 7.40. The SMILES string of the molecule is C[C@]12CCC(=O)C=C1CC[C@@H]1[C@@H]2CC[C@]2(C)C(=O)CC[C@@H]12.O=C(O)[C@H]1OC(O)[C@H](O)[C@@H](O)[C@@H]1O. The van der Waals surface area contributed by atoms with Crippen LogP contribution >= 0.6 is 0 Å². The van der Waals surface area contributed by atoms with Gasteiger partial charge in [-0.2, -0.15) is 0 Å². The van der Waals surface area contributed by atoms with Crippen LogP contribution in [0, 0.1) is 28.6 Å². The highest BCUT2D eigenvalue weighted by atomic mass is 16.6. The molecule has 0 aromatic heterocycles. The van der Waals surface area contributed by atoms with Crippen LogP contribution in [0.25, 0.3) is 0 Å². The van der Waals surface area contributed by atoms with Gasteiger partial charge >= 0.3 is 5.97 Å². The number of aliphatic carboxylic acids is 1. The Morgan fingerprint density at radius 2 is 1.56 bits per heavy atom. The Morgan fingerprint density at radius 1 is 0.882 bits per heavy atom. The molecule has 1 heterocycles. The Balaban J connectivity index is 0.000000182. The van der Waals surface area contributed by atoms with E-state index in [4.69, 9.17) is 25.5 Å². The lowest BCUT2D eigenvalue weighted by Crippen LogP contribution is -2.59. The van der Waals surface area contributed by atoms with Crippen LogP contribution in [0.2, 0.25) is 0 Å². The fourth-order valence-electron chi connectivity index (χ4n) is 7.40. The predicted octanol–water partition coefficient (Wildman–Crippen LogP) is 0.958. The second kappa shape index (κ2) is 9.09. The molecular weight excluding hydrogens is 444 g/mol. The van der Waals surface area contributed by atoms with Crippen molar-refractivity contribution in [2.24, 2.45) is 28.6 Å². The summed E-state index contributed by atoms with van der Waals surface area (Å²) in [6.45, 7) is 4.64. The minimum Gasteiger partial charge on any atom is -0.479 e. The van der Waals surface area contributed by atoms with Crippen LogP contribution in [0.3, 0.4) is 0 Å². The Hall–Kier alpha value is -1.65. The van der Waals surface area contributed by atoms with Crippen molar-refractivity contribution in [2.75, 3.05) is 0 Å². The van der Waals surface area contributed by atoms with Crippen LogP contribution in [-0.4, -0.2) is 73.8 Å². The zero-order valence-corrected chi connectivity index (χ0v) is 19.7. The number of aliphatic hydroxyl groups is 4. The topological polar surface area (TPSA) is 162 Å². The van der Waals surface area contributed by atoms with E-state index >= 15 is 0 Å². The number of carboxylic acid groups (broad SMARTS) is 1. The summed E-state index contributed by atoms with van der Waals surface area (Å²) >= 11 is 0. The van der Waals surface area contributed by atoms with Gasteiger partial charge in [0.2, 0.25) is 0 Å². The molecule has 1 saturated heterocycles. The molecule has 0 aromatic rings. The first kappa shape index (κ1) is 25.4. The van der Waals surface area contributed by atoms with Crippen LogP contribution in [0.15, 0.2) is 11.6 Å². The zero-order chi connectivity index (χ0) is 25.0. The van der Waals surface area contributed by atoms with Crippen LogP contribution in [0.5, 0.6) is 0 Å². The highest BCUT2D eigenvalue weighted by Gasteiger charge is 2.58. The lowest BCUT2D eigenvalue weighted by Gasteiger charge is -2.56. The maximum Gasteiger partial charge on any atom is 0.335 e. The summed E-state index contributed by atoms with van der Waals surface area (Å²) in [6.07, 6.45) is 1.48. The Kier molecular flexibility index (Phi) is 6.81. The first-order chi connectivity index (χ1) is 15.9. The van der Waals surface area contributed by atoms with Gasteiger partial charge < -0.3 is 30.3 Å². The van der Waals surface area contributed by atoms with Gasteiger partial charge in [-0.3, -0.25) is 9.59 Å². The second-order valence-electron chi connectivity index (χ2n) is 11.1. The van der Waals surface area contributed by atoms with Crippen molar-refractivity contribution < 1.29 is 44.7 Å². The molecule has 4 fully saturated rings. The average Bonchev–Trinajstić information content (AvgIpc) is 3.10. The van der Waals surface area contributed by atoms with Crippen molar-refractivity contribution in [3.8, 4) is 0 Å². The maximum absolute atomic E-state index is 12.4. The lowest BCUT2D eigenvalue weighted by molar-refractivity contribution is -0.279. The first-order valence-corrected chi connectivity index (χ1v) is 12.3. The first-order valence-electron chi connectivity index (χ1n) is 12.3. The van der Waals surface area contributed by atoms with E-state index in [1.54, 1.807) is 0 Å². The molecule has 9 heteroatoms. The molecular formula is C25H36O9. The van der Waals surface area contributed by atoms with E-state index in [2.05, 4.69) is 18.6 Å². The van der Waals surface area contributed by atoms with E-state index in [1.165, 1.54) is 18.4 Å². The van der Waals surface area contributed by atoms with Crippen LogP contribution in [-0.2, 0) is 19.1 Å². The third-order valence-corrected chi connectivity index (χ3v) is 9.50. The van der Waals surface area contributed by atoms with Crippen LogP contribution in [0.1, 0.15) is 65.2 Å². The molecule has 0 radical (unpaired) electrons. The second-order valence-corrected chi connectivity index (χ2v) is 11.1. The lowest BCUT2D eigenvalue weighted by atomic mass is 9.47. The standard InChI is InChI=1S/C19H26O2.C6H10O7/c1-18-9-7-13(20)11-12(18)3-4-14-15-5-6-17(21)19(15,2)10-8-16(14)18;7-1-2(8)4(5(10)11)13-6(12)3(1)9/h11,14-16H,3-10H2,1-2H3;1-4,6-9,12H,(H,10,11)/t14-,15-,16-,18-,19-;1-,2-,3+,4-,6?/m00/s1. The highest BCUT2D eigenvalue weighted by Crippen LogP contribution is 2.64. The van der Waals surface area contributed by atoms with Crippen molar-refractivity contribution in [3.05, 3.63) is 11.6 Å². The van der Waals surface area contributed by atoms with Gasteiger partial charge in [0.1, 0.15) is 24.1 Å². The summed E-state index contributed by atoms with van der Waals surface area (Å²) in [5.41, 5.74) is 1.64. The van der Waals surface area contributed by atoms with Gasteiger partial charge in [-0.25, -0.2) is 4.79 Å². The minimum atomic E-state index is -1.81. The average molecular weight is 481 g/mol. The quantitative estimate of drug-likeness (QED) is 0.368. The van der Waals surface area contributed by atoms with Crippen molar-refractivity contribution in [1.29, 1.82) is 0 Å². The summed E-state index contributed by atoms with van der Waals surface area (Å²) in [4.78, 5) is 34.5. The molecule has 10 atom stereocenters. The van der Waals surface area contributed by atoms with Crippen LogP contribution in [0.4, 0.5) is 0 Å². The van der Waals surface area contributed by atoms with E-state index in [-0.39, 0.29) is 10.8 Å². The number of rotatable bonds is 1. The summed E-state index contributed by atoms with van der Waals surface area (Å²) in [5, 5.41) is 44.4. The number of hydrogen-bond donors (Lipinski definition) is 5. The maximum atomic E-state index is 12.4. The molecule has 34 heavy (non-hydrogen) atoms. The molecule has 1 aliphatic heterocycles. The smallest absolute Gasteiger partial charge is 0.335 e. The van der Waals surface area contributed by atoms with Gasteiger partial charge in [-0.05, 0) is 67.8 Å². The number of carbonyl (C=O) groups is 3. The number of ether oxygens (including phenoxy) is 1. The molecule has 9 nitrogen and oxygen atoms in total. The Morgan fingerprint density at radius 3 is 2.24 bits per heavy atom. The van der Waals surface area contributed by atoms with Crippen molar-refractivity contribution >= 4 is 17.5 Å². The molecule has 5 aliphatic rings. The number of carboxylic acids is 1. The number of hydrogen-bond acceptors (Lipinski definition) is 8. The van der Waals surface area contributed by atoms with Crippen LogP contribution < -0.4 is 0 Å². The summed E-state index contributed by atoms with van der Waals surface area (Å²) < 4.78 is 4.34. The van der Waals surface area contributed by atoms with Crippen molar-refractivity contribution in [1.82, 2.24) is 0 Å². The summed E-state index contributed by atoms with van der Waals surface area (Å²) in [5.74, 6) is 1.37. The molecule has 0 bridgehead atoms. The van der Waals surface area contributed by atoms with E-state index in [0.29, 0.717) is 29.3 Å². The van der Waals surface area contributed by atoms with Gasteiger partial charge in [-0.15, -0.1) is 0 Å². The fraction of sp³-hybridized carbons (Fsp3) is 0.800. The number of Topliss-reactive ketones (excluding diaryl/α,β-unsaturated/α-hetero) is 1. The minimum absolute atomic E-state index is 0.0246. The zero-order valence-electron chi connectivity index (χ0n) is 19.7. The molecule has 5 N–H and O–H groups in total. The number of aliphatic hydroxyl groups excluding tert-OH is 4. The molecule has 5 rings (SSSR count). The molecule has 4 aliphatic carbocycles. The molecule has 0 spiro atoms. The van der Waals surface area contributed by atoms with Gasteiger partial charge in [0.25, 0.3) is 0 Å². The number of fused-ring (bicyclic) bond motifs is 5. The molecule has 0 aromatic carbocycles. The third-order valence-electron chi connectivity index (χ3n) is 9.50. The van der Waals surface area contributed by atoms with E-state index in [1.807, 2.05) is 6.08 Å². The third kappa shape index (κ3) is 4.05. The highest BCUT2D eigenvalue weighted by molar-refractivity contribution is 5.91. The normalized spacial score (nSPS) is 48.0. The molecule has 1 unspecified atom stereocenters. The summed E-state index contributed by atoms with van der Waals surface area (Å²) in [7, 11) is 0. The van der Waals surface area contributed by atoms with E-state index in [9.17, 15) is 14.4 Å². The van der Waals surface area contributed by atoms with Gasteiger partial charge in [0.15, 0.2) is 18.2 Å². The van der Waals surface area contributed by atoms with Crippen molar-refractivity contribution in [3.63, 3.8) is 0 Å². The summed E-state index contributed by atoms with van der Waals surface area (Å²) in [6, 6.07) is 0. The van der Waals surface area contributed by atoms with E-state index in [0.717, 1.165) is 38.5 Å². The van der Waals surface area contributed by atoms with Crippen molar-refractivity contribution in [2.45, 2.75) is 95.9 Å². The number of ketones is 2. The largest absolute Gasteiger partial charge is 0.479 e. The van der Waals surface area contributed by atoms with Gasteiger partial charge in [-0.1, -0.05) is 19.4 Å². The predicted molar refractivity (Wildman–Crippen MR) is 118 cm³/mol. The molecule has 3 saturated carbocycles. The molecule has 190 valence electrons. The number of allylic oxidation sites excluding steroid dienone is 1. The van der Waals surface area contributed by atoms with Gasteiger partial charge in [0.05, 0.1) is 0 Å². The molecule has 0 amide bonds. The van der Waals surface area contributed by atoms with E-state index < -0.39 is 36.7 Å². The Labute approximate surface area is 198 Å². The van der Waals surface area contributed by atoms with Gasteiger partial charge in [0, 0.05) is 18.3 Å².